The first kappa shape index (κ1) is 15.8. The second-order valence-corrected chi connectivity index (χ2v) is 5.12. The van der Waals surface area contributed by atoms with E-state index in [1.165, 1.54) is 0 Å². The molecule has 1 fully saturated rings. The molecular formula is C16H24N2O3. The van der Waals surface area contributed by atoms with Crippen molar-refractivity contribution in [2.24, 2.45) is 0 Å². The zero-order valence-electron chi connectivity index (χ0n) is 12.8. The van der Waals surface area contributed by atoms with Crippen molar-refractivity contribution in [2.45, 2.75) is 26.4 Å². The number of carbonyl (C=O) groups excluding carboxylic acids is 1. The molecule has 0 spiro atoms. The second-order valence-electron chi connectivity index (χ2n) is 5.12. The number of morpholine rings is 1. The smallest absolute Gasteiger partial charge is 0.239 e. The molecule has 2 rings (SSSR count). The van der Waals surface area contributed by atoms with Crippen molar-refractivity contribution in [1.82, 2.24) is 10.2 Å². The summed E-state index contributed by atoms with van der Waals surface area (Å²) in [4.78, 5) is 14.1. The molecule has 1 aliphatic rings. The van der Waals surface area contributed by atoms with E-state index in [1.54, 1.807) is 0 Å². The Bertz CT molecular complexity index is 441. The van der Waals surface area contributed by atoms with Crippen LogP contribution >= 0.6 is 0 Å². The molecule has 1 atom stereocenters. The Hall–Kier alpha value is -1.59. The maximum Gasteiger partial charge on any atom is 0.239 e. The summed E-state index contributed by atoms with van der Waals surface area (Å²) >= 11 is 0. The predicted octanol–water partition coefficient (Wildman–Crippen LogP) is 1.42. The van der Waals surface area contributed by atoms with Crippen LogP contribution in [-0.4, -0.2) is 49.8 Å². The van der Waals surface area contributed by atoms with Crippen LogP contribution in [-0.2, 0) is 16.1 Å². The van der Waals surface area contributed by atoms with Crippen LogP contribution in [0.3, 0.4) is 0 Å². The Morgan fingerprint density at radius 2 is 2.00 bits per heavy atom. The normalized spacial score (nSPS) is 16.6. The average Bonchev–Trinajstić information content (AvgIpc) is 2.54. The summed E-state index contributed by atoms with van der Waals surface area (Å²) in [5.74, 6) is 1.02. The van der Waals surface area contributed by atoms with E-state index < -0.39 is 0 Å². The van der Waals surface area contributed by atoms with E-state index in [1.807, 2.05) is 43.0 Å². The van der Waals surface area contributed by atoms with E-state index in [4.69, 9.17) is 9.47 Å². The first-order valence-corrected chi connectivity index (χ1v) is 7.52. The number of benzene rings is 1. The summed E-state index contributed by atoms with van der Waals surface area (Å²) in [6, 6.07) is 7.76. The van der Waals surface area contributed by atoms with Gasteiger partial charge in [0.1, 0.15) is 5.75 Å². The Labute approximate surface area is 126 Å². The lowest BCUT2D eigenvalue weighted by molar-refractivity contribution is -0.137. The van der Waals surface area contributed by atoms with Gasteiger partial charge in [-0.1, -0.05) is 12.1 Å². The Kier molecular flexibility index (Phi) is 6.02. The molecule has 1 heterocycles. The first-order valence-electron chi connectivity index (χ1n) is 7.52. The second kappa shape index (κ2) is 8.00. The molecule has 1 N–H and O–H groups in total. The fourth-order valence-electron chi connectivity index (χ4n) is 2.29. The van der Waals surface area contributed by atoms with Gasteiger partial charge in [-0.25, -0.2) is 0 Å². The number of ether oxygens (including phenoxy) is 2. The average molecular weight is 292 g/mol. The van der Waals surface area contributed by atoms with E-state index >= 15 is 0 Å². The van der Waals surface area contributed by atoms with E-state index in [0.717, 1.165) is 11.3 Å². The molecule has 21 heavy (non-hydrogen) atoms. The largest absolute Gasteiger partial charge is 0.494 e. The van der Waals surface area contributed by atoms with Gasteiger partial charge in [0, 0.05) is 19.6 Å². The van der Waals surface area contributed by atoms with Crippen LogP contribution in [0, 0.1) is 0 Å². The summed E-state index contributed by atoms with van der Waals surface area (Å²) < 4.78 is 10.7. The van der Waals surface area contributed by atoms with E-state index in [0.29, 0.717) is 39.5 Å². The number of amides is 1. The molecule has 0 saturated carbocycles. The third-order valence-corrected chi connectivity index (χ3v) is 3.54. The number of carbonyl (C=O) groups is 1. The van der Waals surface area contributed by atoms with Crippen molar-refractivity contribution < 1.29 is 14.3 Å². The predicted molar refractivity (Wildman–Crippen MR) is 81.3 cm³/mol. The number of hydrogen-bond donors (Lipinski definition) is 1. The molecule has 0 aromatic heterocycles. The molecule has 1 unspecified atom stereocenters. The van der Waals surface area contributed by atoms with Crippen LogP contribution in [0.2, 0.25) is 0 Å². The van der Waals surface area contributed by atoms with Gasteiger partial charge in [-0.2, -0.15) is 0 Å². The number of hydrogen-bond acceptors (Lipinski definition) is 4. The van der Waals surface area contributed by atoms with Crippen LogP contribution in [0.1, 0.15) is 19.4 Å². The molecule has 0 radical (unpaired) electrons. The van der Waals surface area contributed by atoms with Gasteiger partial charge in [0.25, 0.3) is 0 Å². The zero-order chi connectivity index (χ0) is 15.1. The summed E-state index contributed by atoms with van der Waals surface area (Å²) in [5, 5.41) is 3.27. The van der Waals surface area contributed by atoms with Gasteiger partial charge in [0.15, 0.2) is 0 Å². The van der Waals surface area contributed by atoms with E-state index in [2.05, 4.69) is 5.32 Å². The fourth-order valence-corrected chi connectivity index (χ4v) is 2.29. The third-order valence-electron chi connectivity index (χ3n) is 3.54. The van der Waals surface area contributed by atoms with Gasteiger partial charge in [0.05, 0.1) is 25.9 Å². The molecule has 0 aliphatic carbocycles. The highest BCUT2D eigenvalue weighted by Gasteiger charge is 2.21. The highest BCUT2D eigenvalue weighted by Crippen LogP contribution is 2.12. The molecule has 1 amide bonds. The summed E-state index contributed by atoms with van der Waals surface area (Å²) in [5.41, 5.74) is 1.14. The van der Waals surface area contributed by atoms with Gasteiger partial charge in [-0.05, 0) is 31.5 Å². The van der Waals surface area contributed by atoms with Gasteiger partial charge in [-0.15, -0.1) is 0 Å². The van der Waals surface area contributed by atoms with E-state index in [-0.39, 0.29) is 11.9 Å². The van der Waals surface area contributed by atoms with Crippen molar-refractivity contribution in [1.29, 1.82) is 0 Å². The number of nitrogens with zero attached hydrogens (tertiary/aromatic N) is 1. The van der Waals surface area contributed by atoms with Crippen LogP contribution in [0.25, 0.3) is 0 Å². The molecule has 0 bridgehead atoms. The lowest BCUT2D eigenvalue weighted by Crippen LogP contribution is -2.49. The highest BCUT2D eigenvalue weighted by atomic mass is 16.5. The molecule has 1 aromatic carbocycles. The molecule has 1 aromatic rings. The molecule has 5 nitrogen and oxygen atoms in total. The summed E-state index contributed by atoms with van der Waals surface area (Å²) in [6.45, 7) is 7.86. The maximum absolute atomic E-state index is 12.2. The molecule has 116 valence electrons. The van der Waals surface area contributed by atoms with Gasteiger partial charge in [0.2, 0.25) is 5.91 Å². The SMILES string of the molecule is CCOc1ccc(CNC(C)C(=O)N2CCOCC2)cc1. The molecule has 1 aliphatic heterocycles. The van der Waals surface area contributed by atoms with E-state index in [9.17, 15) is 4.79 Å². The van der Waals surface area contributed by atoms with Gasteiger partial charge < -0.3 is 19.7 Å². The van der Waals surface area contributed by atoms with Gasteiger partial charge in [-0.3, -0.25) is 4.79 Å². The minimum Gasteiger partial charge on any atom is -0.494 e. The Morgan fingerprint density at radius 1 is 1.33 bits per heavy atom. The monoisotopic (exact) mass is 292 g/mol. The topological polar surface area (TPSA) is 50.8 Å². The first-order chi connectivity index (χ1) is 10.2. The lowest BCUT2D eigenvalue weighted by Gasteiger charge is -2.29. The van der Waals surface area contributed by atoms with Crippen molar-refractivity contribution >= 4 is 5.91 Å². The Balaban J connectivity index is 1.79. The fraction of sp³-hybridized carbons (Fsp3) is 0.562. The van der Waals surface area contributed by atoms with Crippen molar-refractivity contribution in [2.75, 3.05) is 32.9 Å². The quantitative estimate of drug-likeness (QED) is 0.861. The van der Waals surface area contributed by atoms with Crippen LogP contribution < -0.4 is 10.1 Å². The Morgan fingerprint density at radius 3 is 2.62 bits per heavy atom. The highest BCUT2D eigenvalue weighted by molar-refractivity contribution is 5.81. The third kappa shape index (κ3) is 4.72. The van der Waals surface area contributed by atoms with Crippen molar-refractivity contribution in [3.63, 3.8) is 0 Å². The number of rotatable bonds is 6. The minimum absolute atomic E-state index is 0.143. The van der Waals surface area contributed by atoms with Crippen LogP contribution in [0.15, 0.2) is 24.3 Å². The van der Waals surface area contributed by atoms with Crippen molar-refractivity contribution in [3.05, 3.63) is 29.8 Å². The molecular weight excluding hydrogens is 268 g/mol. The van der Waals surface area contributed by atoms with Crippen LogP contribution in [0.4, 0.5) is 0 Å². The zero-order valence-corrected chi connectivity index (χ0v) is 12.8. The molecule has 1 saturated heterocycles. The summed E-state index contributed by atoms with van der Waals surface area (Å²) in [6.07, 6.45) is 0. The van der Waals surface area contributed by atoms with Crippen molar-refractivity contribution in [3.8, 4) is 5.75 Å². The lowest BCUT2D eigenvalue weighted by atomic mass is 10.2. The maximum atomic E-state index is 12.2. The summed E-state index contributed by atoms with van der Waals surface area (Å²) in [7, 11) is 0. The van der Waals surface area contributed by atoms with Gasteiger partial charge >= 0.3 is 0 Å². The minimum atomic E-state index is -0.185. The number of nitrogens with one attached hydrogen (secondary N) is 1. The molecule has 5 heteroatoms. The van der Waals surface area contributed by atoms with Crippen LogP contribution in [0.5, 0.6) is 5.75 Å². The standard InChI is InChI=1S/C16H24N2O3/c1-3-21-15-6-4-14(5-7-15)12-17-13(2)16(19)18-8-10-20-11-9-18/h4-7,13,17H,3,8-12H2,1-2H3.